The van der Waals surface area contributed by atoms with Gasteiger partial charge in [-0.2, -0.15) is 0 Å². The lowest BCUT2D eigenvalue weighted by Gasteiger charge is -2.20. The standard InChI is InChI=1S/C19H24FN3O2/c20-15-5-3-14(4-6-15)18(13-1-2-13)22-19(25)21-10-12-9-17(24)23(11-12)16-7-8-16/h3-6,12-13,16,18H,1-2,7-11H2,(H2,21,22,25)/t12-,18-/m1/s1. The van der Waals surface area contributed by atoms with Crippen LogP contribution >= 0.6 is 0 Å². The molecule has 1 aromatic carbocycles. The van der Waals surface area contributed by atoms with Crippen molar-refractivity contribution in [1.82, 2.24) is 15.5 Å². The molecule has 134 valence electrons. The first-order valence-corrected chi connectivity index (χ1v) is 9.19. The summed E-state index contributed by atoms with van der Waals surface area (Å²) in [5.74, 6) is 0.574. The lowest BCUT2D eigenvalue weighted by molar-refractivity contribution is -0.128. The molecule has 1 saturated heterocycles. The predicted molar refractivity (Wildman–Crippen MR) is 91.2 cm³/mol. The van der Waals surface area contributed by atoms with Crippen LogP contribution in [-0.4, -0.2) is 36.0 Å². The highest BCUT2D eigenvalue weighted by Crippen LogP contribution is 2.41. The van der Waals surface area contributed by atoms with Gasteiger partial charge in [-0.05, 0) is 49.3 Å². The van der Waals surface area contributed by atoms with E-state index in [4.69, 9.17) is 0 Å². The van der Waals surface area contributed by atoms with E-state index < -0.39 is 0 Å². The Morgan fingerprint density at radius 3 is 2.56 bits per heavy atom. The second-order valence-corrected chi connectivity index (χ2v) is 7.57. The Bertz CT molecular complexity index is 655. The molecular formula is C19H24FN3O2. The number of amides is 3. The van der Waals surface area contributed by atoms with E-state index >= 15 is 0 Å². The molecule has 5 nitrogen and oxygen atoms in total. The first-order valence-electron chi connectivity index (χ1n) is 9.19. The molecule has 3 fully saturated rings. The van der Waals surface area contributed by atoms with Crippen LogP contribution in [0.5, 0.6) is 0 Å². The summed E-state index contributed by atoms with van der Waals surface area (Å²) in [5, 5.41) is 5.94. The van der Waals surface area contributed by atoms with Gasteiger partial charge in [0, 0.05) is 31.5 Å². The zero-order valence-electron chi connectivity index (χ0n) is 14.2. The molecule has 25 heavy (non-hydrogen) atoms. The number of likely N-dealkylation sites (tertiary alicyclic amines) is 1. The van der Waals surface area contributed by atoms with Crippen molar-refractivity contribution in [1.29, 1.82) is 0 Å². The summed E-state index contributed by atoms with van der Waals surface area (Å²) in [4.78, 5) is 26.2. The monoisotopic (exact) mass is 345 g/mol. The molecule has 2 atom stereocenters. The summed E-state index contributed by atoms with van der Waals surface area (Å²) in [6.07, 6.45) is 4.92. The summed E-state index contributed by atoms with van der Waals surface area (Å²) >= 11 is 0. The topological polar surface area (TPSA) is 61.4 Å². The first kappa shape index (κ1) is 16.4. The highest BCUT2D eigenvalue weighted by Gasteiger charge is 2.39. The van der Waals surface area contributed by atoms with Gasteiger partial charge in [0.25, 0.3) is 0 Å². The molecule has 1 heterocycles. The van der Waals surface area contributed by atoms with Crippen molar-refractivity contribution in [3.05, 3.63) is 35.6 Å². The fourth-order valence-corrected chi connectivity index (χ4v) is 3.69. The second-order valence-electron chi connectivity index (χ2n) is 7.57. The van der Waals surface area contributed by atoms with Crippen LogP contribution in [0.2, 0.25) is 0 Å². The lowest BCUT2D eigenvalue weighted by Crippen LogP contribution is -2.41. The number of nitrogens with zero attached hydrogens (tertiary/aromatic N) is 1. The largest absolute Gasteiger partial charge is 0.339 e. The Hall–Kier alpha value is -2.11. The lowest BCUT2D eigenvalue weighted by atomic mass is 10.0. The van der Waals surface area contributed by atoms with Gasteiger partial charge in [-0.15, -0.1) is 0 Å². The number of carbonyl (C=O) groups excluding carboxylic acids is 2. The third-order valence-corrected chi connectivity index (χ3v) is 5.39. The zero-order chi connectivity index (χ0) is 17.4. The van der Waals surface area contributed by atoms with Crippen LogP contribution in [0.25, 0.3) is 0 Å². The number of nitrogens with one attached hydrogen (secondary N) is 2. The van der Waals surface area contributed by atoms with Crippen LogP contribution in [0.3, 0.4) is 0 Å². The van der Waals surface area contributed by atoms with Gasteiger partial charge in [-0.3, -0.25) is 4.79 Å². The molecule has 0 radical (unpaired) electrons. The van der Waals surface area contributed by atoms with E-state index in [9.17, 15) is 14.0 Å². The van der Waals surface area contributed by atoms with E-state index in [0.29, 0.717) is 24.9 Å². The highest BCUT2D eigenvalue weighted by molar-refractivity contribution is 5.79. The van der Waals surface area contributed by atoms with Gasteiger partial charge >= 0.3 is 6.03 Å². The number of carbonyl (C=O) groups is 2. The molecule has 0 bridgehead atoms. The molecule has 0 unspecified atom stereocenters. The van der Waals surface area contributed by atoms with E-state index in [1.54, 1.807) is 12.1 Å². The molecule has 3 aliphatic rings. The number of rotatable bonds is 6. The maximum absolute atomic E-state index is 13.1. The van der Waals surface area contributed by atoms with E-state index in [2.05, 4.69) is 10.6 Å². The SMILES string of the molecule is O=C(NC[C@H]1CC(=O)N(C2CC2)C1)N[C@@H](c1ccc(F)cc1)C1CC1. The Balaban J connectivity index is 1.29. The van der Waals surface area contributed by atoms with Gasteiger partial charge in [0.15, 0.2) is 0 Å². The van der Waals surface area contributed by atoms with Crippen LogP contribution in [0.1, 0.15) is 43.7 Å². The van der Waals surface area contributed by atoms with Crippen molar-refractivity contribution in [3.63, 3.8) is 0 Å². The molecule has 2 N–H and O–H groups in total. The molecule has 1 aromatic rings. The molecule has 3 amide bonds. The number of urea groups is 1. The fourth-order valence-electron chi connectivity index (χ4n) is 3.69. The normalized spacial score (nSPS) is 24.3. The van der Waals surface area contributed by atoms with Gasteiger partial charge in [0.05, 0.1) is 6.04 Å². The minimum atomic E-state index is -0.270. The van der Waals surface area contributed by atoms with E-state index in [1.807, 2.05) is 4.90 Å². The summed E-state index contributed by atoms with van der Waals surface area (Å²) in [5.41, 5.74) is 0.940. The third kappa shape index (κ3) is 3.94. The second kappa shape index (κ2) is 6.65. The minimum Gasteiger partial charge on any atom is -0.339 e. The molecule has 6 heteroatoms. The van der Waals surface area contributed by atoms with Crippen LogP contribution in [-0.2, 0) is 4.79 Å². The number of halogens is 1. The number of hydrogen-bond donors (Lipinski definition) is 2. The third-order valence-electron chi connectivity index (χ3n) is 5.39. The van der Waals surface area contributed by atoms with Gasteiger partial charge < -0.3 is 15.5 Å². The van der Waals surface area contributed by atoms with E-state index in [0.717, 1.165) is 37.8 Å². The Morgan fingerprint density at radius 1 is 1.20 bits per heavy atom. The Morgan fingerprint density at radius 2 is 1.92 bits per heavy atom. The van der Waals surface area contributed by atoms with Gasteiger partial charge in [-0.25, -0.2) is 9.18 Å². The fraction of sp³-hybridized carbons (Fsp3) is 0.579. The minimum absolute atomic E-state index is 0.0752. The van der Waals surface area contributed by atoms with Crippen molar-refractivity contribution in [2.24, 2.45) is 11.8 Å². The van der Waals surface area contributed by atoms with Crippen LogP contribution in [0.4, 0.5) is 9.18 Å². The van der Waals surface area contributed by atoms with Crippen LogP contribution in [0, 0.1) is 17.7 Å². The average molecular weight is 345 g/mol. The first-order chi connectivity index (χ1) is 12.1. The summed E-state index contributed by atoms with van der Waals surface area (Å²) in [7, 11) is 0. The number of hydrogen-bond acceptors (Lipinski definition) is 2. The zero-order valence-corrected chi connectivity index (χ0v) is 14.2. The molecule has 0 aromatic heterocycles. The maximum atomic E-state index is 13.1. The summed E-state index contributed by atoms with van der Waals surface area (Å²) in [6, 6.07) is 6.50. The van der Waals surface area contributed by atoms with Crippen molar-refractivity contribution < 1.29 is 14.0 Å². The molecule has 2 saturated carbocycles. The highest BCUT2D eigenvalue weighted by atomic mass is 19.1. The van der Waals surface area contributed by atoms with Gasteiger partial charge in [0.1, 0.15) is 5.82 Å². The van der Waals surface area contributed by atoms with Crippen molar-refractivity contribution in [2.45, 2.75) is 44.2 Å². The summed E-state index contributed by atoms with van der Waals surface area (Å²) < 4.78 is 13.1. The van der Waals surface area contributed by atoms with Gasteiger partial charge in [-0.1, -0.05) is 12.1 Å². The predicted octanol–water partition coefficient (Wildman–Crippen LogP) is 2.59. The molecule has 2 aliphatic carbocycles. The Kier molecular flexibility index (Phi) is 4.36. The Labute approximate surface area is 147 Å². The molecule has 1 aliphatic heterocycles. The average Bonchev–Trinajstić information content (AvgIpc) is 3.51. The van der Waals surface area contributed by atoms with Crippen molar-refractivity contribution in [2.75, 3.05) is 13.1 Å². The van der Waals surface area contributed by atoms with E-state index in [1.165, 1.54) is 12.1 Å². The molecule has 4 rings (SSSR count). The van der Waals surface area contributed by atoms with Crippen LogP contribution < -0.4 is 10.6 Å². The molecular weight excluding hydrogens is 321 g/mol. The van der Waals surface area contributed by atoms with Crippen molar-refractivity contribution >= 4 is 11.9 Å². The quantitative estimate of drug-likeness (QED) is 0.832. The van der Waals surface area contributed by atoms with Gasteiger partial charge in [0.2, 0.25) is 5.91 Å². The maximum Gasteiger partial charge on any atom is 0.315 e. The van der Waals surface area contributed by atoms with Crippen molar-refractivity contribution in [3.8, 4) is 0 Å². The number of benzene rings is 1. The smallest absolute Gasteiger partial charge is 0.315 e. The van der Waals surface area contributed by atoms with E-state index in [-0.39, 0.29) is 29.7 Å². The summed E-state index contributed by atoms with van der Waals surface area (Å²) in [6.45, 7) is 1.27. The van der Waals surface area contributed by atoms with Crippen LogP contribution in [0.15, 0.2) is 24.3 Å². The molecule has 0 spiro atoms.